The predicted octanol–water partition coefficient (Wildman–Crippen LogP) is 0.390. The molecule has 0 aromatic rings. The average molecular weight is 300 g/mol. The SMILES string of the molecule is CCN(CC)C[C@@H]1CC[C@@H](CCB(O)O)C[C@]1(N)C(=O)O. The van der Waals surface area contributed by atoms with Gasteiger partial charge in [0.1, 0.15) is 5.54 Å². The number of carbonyl (C=O) groups is 1. The molecule has 0 amide bonds. The second kappa shape index (κ2) is 8.12. The van der Waals surface area contributed by atoms with E-state index in [1.54, 1.807) is 0 Å². The molecule has 1 fully saturated rings. The van der Waals surface area contributed by atoms with Gasteiger partial charge in [-0.05, 0) is 44.6 Å². The summed E-state index contributed by atoms with van der Waals surface area (Å²) in [7, 11) is -1.32. The van der Waals surface area contributed by atoms with Crippen LogP contribution >= 0.6 is 0 Å². The fourth-order valence-electron chi connectivity index (χ4n) is 3.38. The van der Waals surface area contributed by atoms with Crippen LogP contribution in [0.3, 0.4) is 0 Å². The van der Waals surface area contributed by atoms with Crippen molar-refractivity contribution >= 4 is 13.1 Å². The van der Waals surface area contributed by atoms with Crippen LogP contribution in [-0.2, 0) is 4.79 Å². The molecule has 7 heteroatoms. The number of rotatable bonds is 8. The maximum atomic E-state index is 11.7. The van der Waals surface area contributed by atoms with Crippen LogP contribution in [0.25, 0.3) is 0 Å². The Morgan fingerprint density at radius 2 is 1.95 bits per heavy atom. The first kappa shape index (κ1) is 18.4. The normalized spacial score (nSPS) is 29.6. The molecule has 0 heterocycles. The maximum Gasteiger partial charge on any atom is 0.451 e. The first-order chi connectivity index (χ1) is 9.83. The zero-order valence-corrected chi connectivity index (χ0v) is 13.2. The highest BCUT2D eigenvalue weighted by atomic mass is 16.4. The Morgan fingerprint density at radius 3 is 2.43 bits per heavy atom. The number of carboxylic acids is 1. The molecule has 0 spiro atoms. The Balaban J connectivity index is 2.72. The molecule has 0 radical (unpaired) electrons. The highest BCUT2D eigenvalue weighted by molar-refractivity contribution is 6.40. The van der Waals surface area contributed by atoms with Crippen molar-refractivity contribution < 1.29 is 19.9 Å². The molecule has 3 atom stereocenters. The van der Waals surface area contributed by atoms with Crippen LogP contribution in [0.4, 0.5) is 0 Å². The lowest BCUT2D eigenvalue weighted by molar-refractivity contribution is -0.148. The summed E-state index contributed by atoms with van der Waals surface area (Å²) in [5, 5.41) is 27.5. The molecule has 0 bridgehead atoms. The Hall–Kier alpha value is -0.625. The standard InChI is InChI=1S/C14H29BN2O4/c1-3-17(4-2)10-12-6-5-11(7-8-15(20)21)9-14(12,16)13(18)19/h11-12,20-21H,3-10,16H2,1-2H3,(H,18,19)/t11-,12-,14+/m0/s1. The van der Waals surface area contributed by atoms with E-state index >= 15 is 0 Å². The van der Waals surface area contributed by atoms with E-state index in [2.05, 4.69) is 18.7 Å². The lowest BCUT2D eigenvalue weighted by Crippen LogP contribution is -2.60. The van der Waals surface area contributed by atoms with Gasteiger partial charge in [-0.2, -0.15) is 0 Å². The topological polar surface area (TPSA) is 107 Å². The van der Waals surface area contributed by atoms with Gasteiger partial charge in [0.05, 0.1) is 0 Å². The monoisotopic (exact) mass is 300 g/mol. The van der Waals surface area contributed by atoms with E-state index < -0.39 is 18.6 Å². The fourth-order valence-corrected chi connectivity index (χ4v) is 3.38. The molecule has 0 aromatic heterocycles. The molecule has 1 aliphatic carbocycles. The fraction of sp³-hybridized carbons (Fsp3) is 0.929. The number of nitrogens with two attached hydrogens (primary N) is 1. The van der Waals surface area contributed by atoms with Crippen LogP contribution in [0, 0.1) is 11.8 Å². The van der Waals surface area contributed by atoms with Crippen LogP contribution in [0.2, 0.25) is 6.32 Å². The van der Waals surface area contributed by atoms with Crippen LogP contribution in [-0.4, -0.2) is 58.3 Å². The van der Waals surface area contributed by atoms with Gasteiger partial charge in [0.25, 0.3) is 0 Å². The van der Waals surface area contributed by atoms with E-state index in [4.69, 9.17) is 15.8 Å². The zero-order valence-electron chi connectivity index (χ0n) is 13.2. The largest absolute Gasteiger partial charge is 0.480 e. The molecule has 1 rings (SSSR count). The highest BCUT2D eigenvalue weighted by Gasteiger charge is 2.47. The molecule has 0 aromatic carbocycles. The second-order valence-corrected chi connectivity index (χ2v) is 6.23. The van der Waals surface area contributed by atoms with Gasteiger partial charge >= 0.3 is 13.1 Å². The summed E-state index contributed by atoms with van der Waals surface area (Å²) in [6, 6.07) is 0. The minimum atomic E-state index is -1.32. The minimum Gasteiger partial charge on any atom is -0.480 e. The van der Waals surface area contributed by atoms with E-state index in [1.165, 1.54) is 0 Å². The van der Waals surface area contributed by atoms with Gasteiger partial charge in [0.15, 0.2) is 0 Å². The van der Waals surface area contributed by atoms with Crippen LogP contribution < -0.4 is 5.73 Å². The lowest BCUT2D eigenvalue weighted by Gasteiger charge is -2.43. The minimum absolute atomic E-state index is 0.0507. The molecule has 6 nitrogen and oxygen atoms in total. The molecular weight excluding hydrogens is 271 g/mol. The number of hydrogen-bond acceptors (Lipinski definition) is 5. The summed E-state index contributed by atoms with van der Waals surface area (Å²) in [5.74, 6) is -0.833. The van der Waals surface area contributed by atoms with Gasteiger partial charge in [0.2, 0.25) is 0 Å². The first-order valence-corrected chi connectivity index (χ1v) is 7.94. The third-order valence-electron chi connectivity index (χ3n) is 4.88. The van der Waals surface area contributed by atoms with Gasteiger partial charge < -0.3 is 25.8 Å². The van der Waals surface area contributed by atoms with Crippen molar-refractivity contribution in [3.8, 4) is 0 Å². The predicted molar refractivity (Wildman–Crippen MR) is 82.8 cm³/mol. The summed E-state index contributed by atoms with van der Waals surface area (Å²) in [6.45, 7) is 6.63. The van der Waals surface area contributed by atoms with Crippen molar-refractivity contribution in [2.45, 2.75) is 51.4 Å². The molecule has 122 valence electrons. The van der Waals surface area contributed by atoms with Gasteiger partial charge in [-0.25, -0.2) is 0 Å². The molecule has 21 heavy (non-hydrogen) atoms. The number of carboxylic acid groups (broad SMARTS) is 1. The van der Waals surface area contributed by atoms with Gasteiger partial charge in [0, 0.05) is 12.5 Å². The first-order valence-electron chi connectivity index (χ1n) is 7.94. The number of nitrogens with zero attached hydrogens (tertiary/aromatic N) is 1. The zero-order chi connectivity index (χ0) is 16.0. The molecular formula is C14H29BN2O4. The highest BCUT2D eigenvalue weighted by Crippen LogP contribution is 2.38. The van der Waals surface area contributed by atoms with Crippen molar-refractivity contribution in [3.05, 3.63) is 0 Å². The van der Waals surface area contributed by atoms with Gasteiger partial charge in [-0.3, -0.25) is 4.79 Å². The van der Waals surface area contributed by atoms with Gasteiger partial charge in [-0.15, -0.1) is 0 Å². The smallest absolute Gasteiger partial charge is 0.451 e. The van der Waals surface area contributed by atoms with Crippen molar-refractivity contribution in [1.82, 2.24) is 4.90 Å². The summed E-state index contributed by atoms with van der Waals surface area (Å²) in [5.41, 5.74) is 5.05. The van der Waals surface area contributed by atoms with Crippen molar-refractivity contribution in [2.75, 3.05) is 19.6 Å². The van der Waals surface area contributed by atoms with Crippen molar-refractivity contribution in [3.63, 3.8) is 0 Å². The summed E-state index contributed by atoms with van der Waals surface area (Å²) >= 11 is 0. The molecule has 5 N–H and O–H groups in total. The molecule has 1 aliphatic rings. The second-order valence-electron chi connectivity index (χ2n) is 6.23. The molecule has 0 saturated heterocycles. The van der Waals surface area contributed by atoms with E-state index in [9.17, 15) is 9.90 Å². The number of hydrogen-bond donors (Lipinski definition) is 4. The quantitative estimate of drug-likeness (QED) is 0.483. The van der Waals surface area contributed by atoms with Crippen molar-refractivity contribution in [2.24, 2.45) is 17.6 Å². The molecule has 1 saturated carbocycles. The summed E-state index contributed by atoms with van der Waals surface area (Å²) in [6.07, 6.45) is 3.00. The summed E-state index contributed by atoms with van der Waals surface area (Å²) < 4.78 is 0. The van der Waals surface area contributed by atoms with Gasteiger partial charge in [-0.1, -0.05) is 20.3 Å². The number of aliphatic carboxylic acids is 1. The Bertz CT molecular complexity index is 339. The Labute approximate surface area is 127 Å². The van der Waals surface area contributed by atoms with Crippen molar-refractivity contribution in [1.29, 1.82) is 0 Å². The van der Waals surface area contributed by atoms with Crippen LogP contribution in [0.1, 0.15) is 39.5 Å². The van der Waals surface area contributed by atoms with E-state index in [0.29, 0.717) is 19.4 Å². The third-order valence-corrected chi connectivity index (χ3v) is 4.88. The van der Waals surface area contributed by atoms with Crippen LogP contribution in [0.15, 0.2) is 0 Å². The maximum absolute atomic E-state index is 11.7. The lowest BCUT2D eigenvalue weighted by atomic mass is 9.66. The average Bonchev–Trinajstić information content (AvgIpc) is 2.44. The summed E-state index contributed by atoms with van der Waals surface area (Å²) in [4.78, 5) is 13.9. The van der Waals surface area contributed by atoms with E-state index in [-0.39, 0.29) is 18.2 Å². The van der Waals surface area contributed by atoms with E-state index in [0.717, 1.165) is 25.9 Å². The Kier molecular flexibility index (Phi) is 7.13. The van der Waals surface area contributed by atoms with Crippen LogP contribution in [0.5, 0.6) is 0 Å². The third kappa shape index (κ3) is 4.95. The Morgan fingerprint density at radius 1 is 1.33 bits per heavy atom. The molecule has 0 aliphatic heterocycles. The van der Waals surface area contributed by atoms with E-state index in [1.807, 2.05) is 0 Å². The molecule has 0 unspecified atom stereocenters.